The quantitative estimate of drug-likeness (QED) is 0.839. The number of anilines is 1. The van der Waals surface area contributed by atoms with Gasteiger partial charge in [-0.05, 0) is 36.9 Å². The average Bonchev–Trinajstić information content (AvgIpc) is 2.25. The lowest BCUT2D eigenvalue weighted by Gasteiger charge is -2.21. The first-order chi connectivity index (χ1) is 8.63. The Labute approximate surface area is 114 Å². The summed E-state index contributed by atoms with van der Waals surface area (Å²) in [4.78, 5) is 0. The highest BCUT2D eigenvalue weighted by atomic mass is 31.2. The largest absolute Gasteiger partial charge is 0.461 e. The second-order valence-electron chi connectivity index (χ2n) is 6.20. The van der Waals surface area contributed by atoms with Crippen LogP contribution in [0.1, 0.15) is 20.8 Å². The fourth-order valence-electron chi connectivity index (χ4n) is 1.53. The Kier molecular flexibility index (Phi) is 5.03. The van der Waals surface area contributed by atoms with E-state index in [1.165, 1.54) is 0 Å². The second kappa shape index (κ2) is 5.96. The molecule has 0 atom stereocenters. The van der Waals surface area contributed by atoms with Gasteiger partial charge in [-0.25, -0.2) is 4.39 Å². The molecule has 0 unspecified atom stereocenters. The molecule has 0 aliphatic rings. The Morgan fingerprint density at radius 1 is 1.32 bits per heavy atom. The Morgan fingerprint density at radius 3 is 2.42 bits per heavy atom. The molecular formula is C14H23FNO2P. The topological polar surface area (TPSA) is 38.3 Å². The zero-order chi connectivity index (χ0) is 14.7. The van der Waals surface area contributed by atoms with Gasteiger partial charge in [0.1, 0.15) is 12.9 Å². The molecule has 0 spiro atoms. The Balaban J connectivity index is 3.01. The molecule has 0 fully saturated rings. The molecule has 0 aliphatic heterocycles. The molecule has 0 saturated carbocycles. The molecule has 19 heavy (non-hydrogen) atoms. The fourth-order valence-corrected chi connectivity index (χ4v) is 2.39. The fraction of sp³-hybridized carbons (Fsp3) is 0.571. The highest BCUT2D eigenvalue weighted by Gasteiger charge is 2.16. The average molecular weight is 287 g/mol. The van der Waals surface area contributed by atoms with E-state index in [-0.39, 0.29) is 5.41 Å². The number of nitrogens with one attached hydrogen (secondary N) is 1. The number of halogens is 1. The molecule has 0 aromatic heterocycles. The van der Waals surface area contributed by atoms with Gasteiger partial charge in [-0.1, -0.05) is 20.8 Å². The van der Waals surface area contributed by atoms with Crippen molar-refractivity contribution in [2.45, 2.75) is 20.8 Å². The van der Waals surface area contributed by atoms with E-state index in [1.54, 1.807) is 31.5 Å². The van der Waals surface area contributed by atoms with Crippen molar-refractivity contribution >= 4 is 18.1 Å². The van der Waals surface area contributed by atoms with Crippen molar-refractivity contribution in [1.29, 1.82) is 0 Å². The van der Waals surface area contributed by atoms with Gasteiger partial charge in [-0.15, -0.1) is 0 Å². The van der Waals surface area contributed by atoms with Gasteiger partial charge in [0, 0.05) is 11.8 Å². The van der Waals surface area contributed by atoms with Crippen LogP contribution >= 0.6 is 7.14 Å². The predicted octanol–water partition coefficient (Wildman–Crippen LogP) is 3.70. The summed E-state index contributed by atoms with van der Waals surface area (Å²) >= 11 is 0. The van der Waals surface area contributed by atoms with Crippen molar-refractivity contribution in [2.75, 3.05) is 32.1 Å². The van der Waals surface area contributed by atoms with Gasteiger partial charge in [0.25, 0.3) is 0 Å². The molecule has 1 rings (SSSR count). The maximum absolute atomic E-state index is 12.4. The molecule has 3 nitrogen and oxygen atoms in total. The van der Waals surface area contributed by atoms with Crippen LogP contribution in [-0.2, 0) is 4.57 Å². The van der Waals surface area contributed by atoms with Crippen molar-refractivity contribution in [2.24, 2.45) is 5.41 Å². The van der Waals surface area contributed by atoms with E-state index < -0.39 is 14.0 Å². The first-order valence-electron chi connectivity index (χ1n) is 6.26. The summed E-state index contributed by atoms with van der Waals surface area (Å²) < 4.78 is 29.5. The molecule has 5 heteroatoms. The molecule has 108 valence electrons. The first kappa shape index (κ1) is 16.0. The van der Waals surface area contributed by atoms with Crippen LogP contribution in [0.15, 0.2) is 18.2 Å². The van der Waals surface area contributed by atoms with Crippen LogP contribution in [0, 0.1) is 5.41 Å². The number of ether oxygens (including phenoxy) is 1. The van der Waals surface area contributed by atoms with Crippen LogP contribution in [0.25, 0.3) is 0 Å². The number of benzene rings is 1. The van der Waals surface area contributed by atoms with Crippen molar-refractivity contribution in [3.8, 4) is 5.75 Å². The van der Waals surface area contributed by atoms with Gasteiger partial charge in [-0.3, -0.25) is 0 Å². The summed E-state index contributed by atoms with van der Waals surface area (Å²) in [6.45, 7) is 9.53. The Morgan fingerprint density at radius 2 is 1.95 bits per heavy atom. The number of hydrogen-bond donors (Lipinski definition) is 1. The highest BCUT2D eigenvalue weighted by Crippen LogP contribution is 2.37. The molecule has 0 heterocycles. The summed E-state index contributed by atoms with van der Waals surface area (Å²) in [5, 5.41) is 3.93. The molecule has 1 N–H and O–H groups in total. The van der Waals surface area contributed by atoms with Crippen molar-refractivity contribution in [1.82, 2.24) is 0 Å². The maximum atomic E-state index is 12.4. The van der Waals surface area contributed by atoms with E-state index in [9.17, 15) is 8.96 Å². The number of rotatable bonds is 5. The summed E-state index contributed by atoms with van der Waals surface area (Å²) in [6, 6.07) is 5.26. The van der Waals surface area contributed by atoms with Crippen LogP contribution in [0.2, 0.25) is 0 Å². The van der Waals surface area contributed by atoms with Gasteiger partial charge < -0.3 is 14.6 Å². The summed E-state index contributed by atoms with van der Waals surface area (Å²) in [6.07, 6.45) is 0. The van der Waals surface area contributed by atoms with Gasteiger partial charge >= 0.3 is 0 Å². The molecule has 0 amide bonds. The van der Waals surface area contributed by atoms with Gasteiger partial charge in [0.2, 0.25) is 6.86 Å². The minimum atomic E-state index is -2.37. The third kappa shape index (κ3) is 5.23. The van der Waals surface area contributed by atoms with Gasteiger partial charge in [-0.2, -0.15) is 0 Å². The SMILES string of the molecule is CC(C)(C)CNc1ccc(P(C)(C)=O)cc1OCF. The second-order valence-corrected chi connectivity index (χ2v) is 9.42. The molecule has 0 saturated heterocycles. The van der Waals surface area contributed by atoms with Crippen LogP contribution in [0.3, 0.4) is 0 Å². The summed E-state index contributed by atoms with van der Waals surface area (Å²) in [5.41, 5.74) is 0.834. The van der Waals surface area contributed by atoms with E-state index >= 15 is 0 Å². The third-order valence-electron chi connectivity index (χ3n) is 2.61. The smallest absolute Gasteiger partial charge is 0.228 e. The van der Waals surface area contributed by atoms with Crippen LogP contribution < -0.4 is 15.4 Å². The normalized spacial score (nSPS) is 12.3. The lowest BCUT2D eigenvalue weighted by atomic mass is 9.97. The zero-order valence-electron chi connectivity index (χ0n) is 12.3. The van der Waals surface area contributed by atoms with Gasteiger partial charge in [0.15, 0.2) is 0 Å². The van der Waals surface area contributed by atoms with E-state index in [0.717, 1.165) is 12.2 Å². The molecule has 0 radical (unpaired) electrons. The number of alkyl halides is 1. The third-order valence-corrected chi connectivity index (χ3v) is 4.13. The lowest BCUT2D eigenvalue weighted by Crippen LogP contribution is -2.20. The van der Waals surface area contributed by atoms with Crippen LogP contribution in [0.4, 0.5) is 10.1 Å². The summed E-state index contributed by atoms with van der Waals surface area (Å²) in [7, 11) is -2.37. The minimum Gasteiger partial charge on any atom is -0.461 e. The van der Waals surface area contributed by atoms with E-state index in [1.807, 2.05) is 0 Å². The Hall–Kier alpha value is -1.02. The standard InChI is InChI=1S/C14H23FNO2P/c1-14(2,3)9-16-12-7-6-11(19(4,5)17)8-13(12)18-10-15/h6-8,16H,9-10H2,1-5H3. The van der Waals surface area contributed by atoms with Gasteiger partial charge in [0.05, 0.1) is 5.69 Å². The predicted molar refractivity (Wildman–Crippen MR) is 80.1 cm³/mol. The molecule has 0 bridgehead atoms. The Bertz CT molecular complexity index is 477. The van der Waals surface area contributed by atoms with Crippen LogP contribution in [0.5, 0.6) is 5.75 Å². The summed E-state index contributed by atoms with van der Waals surface area (Å²) in [5.74, 6) is 0.410. The number of hydrogen-bond acceptors (Lipinski definition) is 3. The van der Waals surface area contributed by atoms with E-state index in [2.05, 4.69) is 26.1 Å². The van der Waals surface area contributed by atoms with Crippen LogP contribution in [-0.4, -0.2) is 26.7 Å². The first-order valence-corrected chi connectivity index (χ1v) is 8.86. The minimum absolute atomic E-state index is 0.108. The lowest BCUT2D eigenvalue weighted by molar-refractivity contribution is 0.192. The van der Waals surface area contributed by atoms with Crippen molar-refractivity contribution in [3.63, 3.8) is 0 Å². The maximum Gasteiger partial charge on any atom is 0.228 e. The van der Waals surface area contributed by atoms with E-state index in [4.69, 9.17) is 4.74 Å². The monoisotopic (exact) mass is 287 g/mol. The van der Waals surface area contributed by atoms with Crippen molar-refractivity contribution < 1.29 is 13.7 Å². The molecule has 0 aliphatic carbocycles. The van der Waals surface area contributed by atoms with E-state index in [0.29, 0.717) is 11.1 Å². The zero-order valence-corrected chi connectivity index (χ0v) is 13.2. The molecule has 1 aromatic carbocycles. The molecule has 1 aromatic rings. The van der Waals surface area contributed by atoms with Crippen molar-refractivity contribution in [3.05, 3.63) is 18.2 Å². The highest BCUT2D eigenvalue weighted by molar-refractivity contribution is 7.70. The molecular weight excluding hydrogens is 264 g/mol.